The summed E-state index contributed by atoms with van der Waals surface area (Å²) in [5, 5.41) is 3.28. The van der Waals surface area contributed by atoms with Gasteiger partial charge in [-0.25, -0.2) is 0 Å². The lowest BCUT2D eigenvalue weighted by Crippen LogP contribution is -2.13. The zero-order valence-electron chi connectivity index (χ0n) is 11.3. The Balaban J connectivity index is 2.64. The number of hydrogen-bond donors (Lipinski definition) is 2. The van der Waals surface area contributed by atoms with Gasteiger partial charge in [0.25, 0.3) is 0 Å². The first-order chi connectivity index (χ1) is 7.95. The summed E-state index contributed by atoms with van der Waals surface area (Å²) in [6.07, 6.45) is 0. The minimum absolute atomic E-state index is 0.137. The molecule has 0 fully saturated rings. The lowest BCUT2D eigenvalue weighted by Gasteiger charge is -2.20. The predicted octanol–water partition coefficient (Wildman–Crippen LogP) is 3.01. The highest BCUT2D eigenvalue weighted by molar-refractivity contribution is 5.67. The van der Waals surface area contributed by atoms with E-state index in [2.05, 4.69) is 32.2 Å². The summed E-state index contributed by atoms with van der Waals surface area (Å²) in [5.41, 5.74) is 9.21. The molecule has 0 unspecified atom stereocenters. The third-order valence-electron chi connectivity index (χ3n) is 2.68. The normalized spacial score (nSPS) is 11.5. The van der Waals surface area contributed by atoms with Crippen molar-refractivity contribution < 1.29 is 4.74 Å². The van der Waals surface area contributed by atoms with Gasteiger partial charge in [-0.15, -0.1) is 0 Å². The van der Waals surface area contributed by atoms with Crippen LogP contribution in [0.15, 0.2) is 18.2 Å². The van der Waals surface area contributed by atoms with Gasteiger partial charge in [-0.3, -0.25) is 0 Å². The van der Waals surface area contributed by atoms with Crippen molar-refractivity contribution in [2.24, 2.45) is 0 Å². The van der Waals surface area contributed by atoms with E-state index >= 15 is 0 Å². The highest BCUT2D eigenvalue weighted by atomic mass is 16.5. The predicted molar refractivity (Wildman–Crippen MR) is 74.5 cm³/mol. The van der Waals surface area contributed by atoms with Gasteiger partial charge in [0, 0.05) is 13.2 Å². The Morgan fingerprint density at radius 3 is 2.53 bits per heavy atom. The van der Waals surface area contributed by atoms with Gasteiger partial charge in [0.05, 0.1) is 18.0 Å². The van der Waals surface area contributed by atoms with E-state index in [4.69, 9.17) is 10.5 Å². The molecule has 1 aromatic carbocycles. The molecule has 0 radical (unpaired) electrons. The Morgan fingerprint density at radius 2 is 2.00 bits per heavy atom. The van der Waals surface area contributed by atoms with Crippen LogP contribution in [0.1, 0.15) is 33.3 Å². The van der Waals surface area contributed by atoms with Crippen molar-refractivity contribution in [3.63, 3.8) is 0 Å². The maximum Gasteiger partial charge on any atom is 0.0638 e. The van der Waals surface area contributed by atoms with E-state index < -0.39 is 0 Å². The number of nitrogens with one attached hydrogen (secondary N) is 1. The van der Waals surface area contributed by atoms with Crippen LogP contribution in [0.4, 0.5) is 11.4 Å². The van der Waals surface area contributed by atoms with Gasteiger partial charge in [0.15, 0.2) is 0 Å². The maximum atomic E-state index is 6.03. The molecule has 3 nitrogen and oxygen atoms in total. The van der Waals surface area contributed by atoms with Gasteiger partial charge in [-0.1, -0.05) is 26.8 Å². The van der Waals surface area contributed by atoms with Gasteiger partial charge in [-0.2, -0.15) is 0 Å². The van der Waals surface area contributed by atoms with Crippen molar-refractivity contribution in [2.45, 2.75) is 33.1 Å². The van der Waals surface area contributed by atoms with Crippen LogP contribution >= 0.6 is 0 Å². The largest absolute Gasteiger partial charge is 0.397 e. The van der Waals surface area contributed by atoms with Crippen molar-refractivity contribution >= 4 is 11.4 Å². The van der Waals surface area contributed by atoms with Crippen molar-refractivity contribution in [1.82, 2.24) is 0 Å². The molecule has 96 valence electrons. The van der Waals surface area contributed by atoms with Crippen LogP contribution in [-0.4, -0.2) is 19.8 Å². The van der Waals surface area contributed by atoms with Crippen molar-refractivity contribution in [3.8, 4) is 0 Å². The molecule has 0 spiro atoms. The first-order valence-electron chi connectivity index (χ1n) is 6.16. The van der Waals surface area contributed by atoms with E-state index in [9.17, 15) is 0 Å². The second-order valence-electron chi connectivity index (χ2n) is 5.18. The van der Waals surface area contributed by atoms with Crippen molar-refractivity contribution in [1.29, 1.82) is 0 Å². The molecule has 0 saturated carbocycles. The third kappa shape index (κ3) is 4.27. The number of rotatable bonds is 5. The summed E-state index contributed by atoms with van der Waals surface area (Å²) in [4.78, 5) is 0. The highest BCUT2D eigenvalue weighted by Crippen LogP contribution is 2.27. The van der Waals surface area contributed by atoms with Crippen LogP contribution < -0.4 is 11.1 Å². The lowest BCUT2D eigenvalue weighted by molar-refractivity contribution is 0.158. The fourth-order valence-electron chi connectivity index (χ4n) is 1.59. The average molecular weight is 236 g/mol. The molecule has 0 atom stereocenters. The smallest absolute Gasteiger partial charge is 0.0638 e. The van der Waals surface area contributed by atoms with Crippen LogP contribution in [0.5, 0.6) is 0 Å². The number of benzene rings is 1. The molecule has 1 rings (SSSR count). The number of anilines is 2. The molecule has 3 N–H and O–H groups in total. The van der Waals surface area contributed by atoms with Gasteiger partial charge < -0.3 is 15.8 Å². The van der Waals surface area contributed by atoms with Gasteiger partial charge >= 0.3 is 0 Å². The van der Waals surface area contributed by atoms with Crippen LogP contribution in [0.3, 0.4) is 0 Å². The van der Waals surface area contributed by atoms with E-state index in [1.54, 1.807) is 0 Å². The molecule has 0 bridgehead atoms. The molecule has 0 amide bonds. The molecular formula is C14H24N2O. The molecular weight excluding hydrogens is 212 g/mol. The van der Waals surface area contributed by atoms with E-state index in [0.717, 1.165) is 24.5 Å². The summed E-state index contributed by atoms with van der Waals surface area (Å²) in [5.74, 6) is 0. The number of nitrogen functional groups attached to an aromatic ring is 1. The van der Waals surface area contributed by atoms with E-state index in [1.165, 1.54) is 5.56 Å². The summed E-state index contributed by atoms with van der Waals surface area (Å²) in [7, 11) is 0. The summed E-state index contributed by atoms with van der Waals surface area (Å²) in [6.45, 7) is 10.8. The third-order valence-corrected chi connectivity index (χ3v) is 2.68. The zero-order valence-corrected chi connectivity index (χ0v) is 11.3. The Kier molecular flexibility index (Phi) is 4.82. The summed E-state index contributed by atoms with van der Waals surface area (Å²) in [6, 6.07) is 6.21. The Morgan fingerprint density at radius 1 is 1.29 bits per heavy atom. The first kappa shape index (κ1) is 13.8. The number of ether oxygens (including phenoxy) is 1. The second-order valence-corrected chi connectivity index (χ2v) is 5.18. The summed E-state index contributed by atoms with van der Waals surface area (Å²) >= 11 is 0. The topological polar surface area (TPSA) is 47.3 Å². The van der Waals surface area contributed by atoms with Crippen LogP contribution in [0, 0.1) is 0 Å². The molecule has 0 heterocycles. The lowest BCUT2D eigenvalue weighted by atomic mass is 9.86. The van der Waals surface area contributed by atoms with E-state index in [1.807, 2.05) is 19.1 Å². The quantitative estimate of drug-likeness (QED) is 0.610. The minimum atomic E-state index is 0.137. The number of hydrogen-bond acceptors (Lipinski definition) is 3. The first-order valence-corrected chi connectivity index (χ1v) is 6.16. The maximum absolute atomic E-state index is 6.03. The minimum Gasteiger partial charge on any atom is -0.397 e. The molecule has 0 aromatic heterocycles. The Hall–Kier alpha value is -1.22. The molecule has 0 aliphatic heterocycles. The van der Waals surface area contributed by atoms with Gasteiger partial charge in [0.2, 0.25) is 0 Å². The monoisotopic (exact) mass is 236 g/mol. The molecule has 17 heavy (non-hydrogen) atoms. The zero-order chi connectivity index (χ0) is 12.9. The summed E-state index contributed by atoms with van der Waals surface area (Å²) < 4.78 is 5.27. The van der Waals surface area contributed by atoms with E-state index in [0.29, 0.717) is 6.61 Å². The SMILES string of the molecule is CCOCCNc1ccc(C(C)(C)C)cc1N. The van der Waals surface area contributed by atoms with Crippen LogP contribution in [0.2, 0.25) is 0 Å². The molecule has 3 heteroatoms. The molecule has 0 saturated heterocycles. The molecule has 0 aliphatic carbocycles. The second kappa shape index (κ2) is 5.92. The molecule has 1 aromatic rings. The molecule has 0 aliphatic rings. The number of nitrogens with two attached hydrogens (primary N) is 1. The van der Waals surface area contributed by atoms with E-state index in [-0.39, 0.29) is 5.41 Å². The van der Waals surface area contributed by atoms with Crippen molar-refractivity contribution in [3.05, 3.63) is 23.8 Å². The van der Waals surface area contributed by atoms with Crippen LogP contribution in [0.25, 0.3) is 0 Å². The fraction of sp³-hybridized carbons (Fsp3) is 0.571. The van der Waals surface area contributed by atoms with Gasteiger partial charge in [-0.05, 0) is 30.0 Å². The fourth-order valence-corrected chi connectivity index (χ4v) is 1.59. The standard InChI is InChI=1S/C14H24N2O/c1-5-17-9-8-16-13-7-6-11(10-12(13)15)14(2,3)4/h6-7,10,16H,5,8-9,15H2,1-4H3. The Labute approximate surface area is 104 Å². The van der Waals surface area contributed by atoms with Crippen LogP contribution in [-0.2, 0) is 10.2 Å². The van der Waals surface area contributed by atoms with Gasteiger partial charge in [0.1, 0.15) is 0 Å². The highest BCUT2D eigenvalue weighted by Gasteiger charge is 2.14. The van der Waals surface area contributed by atoms with Crippen molar-refractivity contribution in [2.75, 3.05) is 30.8 Å². The average Bonchev–Trinajstić information content (AvgIpc) is 2.24. The Bertz CT molecular complexity index is 356.